The Morgan fingerprint density at radius 1 is 1.11 bits per heavy atom. The van der Waals surface area contributed by atoms with E-state index in [4.69, 9.17) is 5.73 Å². The van der Waals surface area contributed by atoms with Crippen molar-refractivity contribution in [2.24, 2.45) is 5.92 Å². The van der Waals surface area contributed by atoms with Gasteiger partial charge in [0.25, 0.3) is 0 Å². The van der Waals surface area contributed by atoms with Crippen molar-refractivity contribution in [3.05, 3.63) is 29.8 Å². The molecule has 0 amide bonds. The molecule has 0 atom stereocenters. The van der Waals surface area contributed by atoms with Crippen molar-refractivity contribution in [3.63, 3.8) is 0 Å². The number of hydrogen-bond donors (Lipinski definition) is 1. The first kappa shape index (κ1) is 14.4. The van der Waals surface area contributed by atoms with Gasteiger partial charge in [0, 0.05) is 24.3 Å². The number of nitrogen functional groups attached to an aromatic ring is 1. The van der Waals surface area contributed by atoms with Crippen LogP contribution in [0.15, 0.2) is 24.3 Å². The molecule has 19 heavy (non-hydrogen) atoms. The standard InChI is InChI=1S/C17H28N2/c1-13(2)19(17-10-4-14(3)5-11-17)12-15-6-8-16(18)9-7-15/h6-9,13-14,17H,4-5,10-12,18H2,1-3H3. The summed E-state index contributed by atoms with van der Waals surface area (Å²) in [5, 5.41) is 0. The van der Waals surface area contributed by atoms with Gasteiger partial charge in [-0.05, 0) is 63.1 Å². The molecule has 1 aromatic carbocycles. The molecule has 0 aliphatic heterocycles. The summed E-state index contributed by atoms with van der Waals surface area (Å²) >= 11 is 0. The van der Waals surface area contributed by atoms with Gasteiger partial charge in [0.1, 0.15) is 0 Å². The normalized spacial score (nSPS) is 24.1. The molecule has 1 aliphatic carbocycles. The molecular formula is C17H28N2. The molecule has 1 aromatic rings. The van der Waals surface area contributed by atoms with Crippen LogP contribution in [0.2, 0.25) is 0 Å². The van der Waals surface area contributed by atoms with Crippen LogP contribution >= 0.6 is 0 Å². The molecule has 0 unspecified atom stereocenters. The second kappa shape index (κ2) is 6.42. The van der Waals surface area contributed by atoms with Crippen LogP contribution in [0.25, 0.3) is 0 Å². The summed E-state index contributed by atoms with van der Waals surface area (Å²) in [7, 11) is 0. The molecule has 0 radical (unpaired) electrons. The maximum absolute atomic E-state index is 5.76. The molecule has 2 heteroatoms. The molecule has 0 spiro atoms. The van der Waals surface area contributed by atoms with Crippen LogP contribution in [0.5, 0.6) is 0 Å². The fourth-order valence-electron chi connectivity index (χ4n) is 3.14. The molecule has 1 aliphatic rings. The first-order valence-corrected chi connectivity index (χ1v) is 7.66. The second-order valence-electron chi connectivity index (χ2n) is 6.42. The summed E-state index contributed by atoms with van der Waals surface area (Å²) in [6, 6.07) is 9.71. The number of hydrogen-bond acceptors (Lipinski definition) is 2. The van der Waals surface area contributed by atoms with E-state index in [0.717, 1.165) is 24.2 Å². The van der Waals surface area contributed by atoms with Crippen LogP contribution in [0.3, 0.4) is 0 Å². The number of anilines is 1. The molecule has 0 heterocycles. The Morgan fingerprint density at radius 3 is 2.21 bits per heavy atom. The molecule has 2 rings (SSSR count). The van der Waals surface area contributed by atoms with Crippen molar-refractivity contribution >= 4 is 5.69 Å². The van der Waals surface area contributed by atoms with E-state index in [1.165, 1.54) is 31.2 Å². The van der Waals surface area contributed by atoms with E-state index >= 15 is 0 Å². The molecule has 0 aromatic heterocycles. The van der Waals surface area contributed by atoms with Gasteiger partial charge in [-0.3, -0.25) is 4.90 Å². The van der Waals surface area contributed by atoms with Crippen LogP contribution in [0.4, 0.5) is 5.69 Å². The minimum Gasteiger partial charge on any atom is -0.399 e. The topological polar surface area (TPSA) is 29.3 Å². The highest BCUT2D eigenvalue weighted by molar-refractivity contribution is 5.39. The zero-order valence-corrected chi connectivity index (χ0v) is 12.6. The van der Waals surface area contributed by atoms with Gasteiger partial charge in [-0.25, -0.2) is 0 Å². The summed E-state index contributed by atoms with van der Waals surface area (Å²) in [6.07, 6.45) is 5.48. The highest BCUT2D eigenvalue weighted by atomic mass is 15.2. The largest absolute Gasteiger partial charge is 0.399 e. The van der Waals surface area contributed by atoms with E-state index in [0.29, 0.717) is 6.04 Å². The molecule has 0 bridgehead atoms. The number of nitrogens with two attached hydrogens (primary N) is 1. The predicted molar refractivity (Wildman–Crippen MR) is 83.0 cm³/mol. The van der Waals surface area contributed by atoms with E-state index in [1.807, 2.05) is 12.1 Å². The second-order valence-corrected chi connectivity index (χ2v) is 6.42. The van der Waals surface area contributed by atoms with Gasteiger partial charge in [0.05, 0.1) is 0 Å². The van der Waals surface area contributed by atoms with Crippen LogP contribution in [0.1, 0.15) is 52.0 Å². The lowest BCUT2D eigenvalue weighted by atomic mass is 9.86. The van der Waals surface area contributed by atoms with Crippen LogP contribution in [-0.4, -0.2) is 17.0 Å². The molecule has 1 saturated carbocycles. The average molecular weight is 260 g/mol. The Bertz CT molecular complexity index is 375. The maximum Gasteiger partial charge on any atom is 0.0314 e. The van der Waals surface area contributed by atoms with Gasteiger partial charge < -0.3 is 5.73 Å². The number of benzene rings is 1. The van der Waals surface area contributed by atoms with Crippen molar-refractivity contribution in [1.29, 1.82) is 0 Å². The lowest BCUT2D eigenvalue weighted by molar-refractivity contribution is 0.100. The predicted octanol–water partition coefficient (Wildman–Crippen LogP) is 4.06. The minimum absolute atomic E-state index is 0.607. The smallest absolute Gasteiger partial charge is 0.0314 e. The summed E-state index contributed by atoms with van der Waals surface area (Å²) in [4.78, 5) is 2.66. The van der Waals surface area contributed by atoms with Crippen molar-refractivity contribution in [2.75, 3.05) is 5.73 Å². The third kappa shape index (κ3) is 3.97. The summed E-state index contributed by atoms with van der Waals surface area (Å²) in [6.45, 7) is 8.07. The Kier molecular flexibility index (Phi) is 4.87. The van der Waals surface area contributed by atoms with Crippen LogP contribution in [0, 0.1) is 5.92 Å². The van der Waals surface area contributed by atoms with Gasteiger partial charge >= 0.3 is 0 Å². The molecule has 0 saturated heterocycles. The minimum atomic E-state index is 0.607. The zero-order chi connectivity index (χ0) is 13.8. The first-order valence-electron chi connectivity index (χ1n) is 7.66. The number of rotatable bonds is 4. The van der Waals surface area contributed by atoms with Crippen molar-refractivity contribution in [3.8, 4) is 0 Å². The fraction of sp³-hybridized carbons (Fsp3) is 0.647. The fourth-order valence-corrected chi connectivity index (χ4v) is 3.14. The number of nitrogens with zero attached hydrogens (tertiary/aromatic N) is 1. The Morgan fingerprint density at radius 2 is 1.68 bits per heavy atom. The summed E-state index contributed by atoms with van der Waals surface area (Å²) in [5.41, 5.74) is 7.99. The Hall–Kier alpha value is -1.02. The lowest BCUT2D eigenvalue weighted by Crippen LogP contribution is -2.41. The van der Waals surface area contributed by atoms with Gasteiger partial charge in [-0.2, -0.15) is 0 Å². The molecule has 1 fully saturated rings. The van der Waals surface area contributed by atoms with Gasteiger partial charge in [-0.15, -0.1) is 0 Å². The Labute approximate surface area is 118 Å². The van der Waals surface area contributed by atoms with Gasteiger partial charge in [0.2, 0.25) is 0 Å². The zero-order valence-electron chi connectivity index (χ0n) is 12.6. The highest BCUT2D eigenvalue weighted by Gasteiger charge is 2.25. The van der Waals surface area contributed by atoms with Crippen molar-refractivity contribution in [1.82, 2.24) is 4.90 Å². The van der Waals surface area contributed by atoms with E-state index in [-0.39, 0.29) is 0 Å². The van der Waals surface area contributed by atoms with E-state index in [2.05, 4.69) is 37.8 Å². The molecular weight excluding hydrogens is 232 g/mol. The lowest BCUT2D eigenvalue weighted by Gasteiger charge is -2.38. The van der Waals surface area contributed by atoms with E-state index in [1.54, 1.807) is 0 Å². The third-order valence-electron chi connectivity index (χ3n) is 4.46. The molecule has 2 nitrogen and oxygen atoms in total. The average Bonchev–Trinajstić information content (AvgIpc) is 2.39. The van der Waals surface area contributed by atoms with Crippen LogP contribution in [-0.2, 0) is 6.54 Å². The maximum atomic E-state index is 5.76. The van der Waals surface area contributed by atoms with E-state index < -0.39 is 0 Å². The third-order valence-corrected chi connectivity index (χ3v) is 4.46. The molecule has 106 valence electrons. The summed E-state index contributed by atoms with van der Waals surface area (Å²) in [5.74, 6) is 0.918. The summed E-state index contributed by atoms with van der Waals surface area (Å²) < 4.78 is 0. The Balaban J connectivity index is 2.01. The first-order chi connectivity index (χ1) is 9.06. The van der Waals surface area contributed by atoms with Crippen molar-refractivity contribution < 1.29 is 0 Å². The molecule has 2 N–H and O–H groups in total. The van der Waals surface area contributed by atoms with Gasteiger partial charge in [0.15, 0.2) is 0 Å². The van der Waals surface area contributed by atoms with Gasteiger partial charge in [-0.1, -0.05) is 19.1 Å². The van der Waals surface area contributed by atoms with Crippen molar-refractivity contribution in [2.45, 2.75) is 65.1 Å². The monoisotopic (exact) mass is 260 g/mol. The SMILES string of the molecule is CC1CCC(N(Cc2ccc(N)cc2)C(C)C)CC1. The van der Waals surface area contributed by atoms with E-state index in [9.17, 15) is 0 Å². The quantitative estimate of drug-likeness (QED) is 0.827. The highest BCUT2D eigenvalue weighted by Crippen LogP contribution is 2.29. The van der Waals surface area contributed by atoms with Crippen LogP contribution < -0.4 is 5.73 Å².